The Morgan fingerprint density at radius 3 is 1.20 bits per heavy atom. The minimum Gasteiger partial charge on any atom is -0.457 e. The van der Waals surface area contributed by atoms with Crippen molar-refractivity contribution in [2.45, 2.75) is 21.3 Å². The number of anilines is 1. The maximum absolute atomic E-state index is 12.0. The number of hydrogen-bond donors (Lipinski definition) is 2. The van der Waals surface area contributed by atoms with Gasteiger partial charge in [0.05, 0.1) is 5.33 Å². The molecular weight excluding hydrogens is 1400 g/mol. The van der Waals surface area contributed by atoms with Crippen LogP contribution >= 0.6 is 95.6 Å². The molecule has 3 N–H and O–H groups in total. The second kappa shape index (κ2) is 29.8. The second-order valence-electron chi connectivity index (χ2n) is 17.3. The first-order chi connectivity index (χ1) is 37.9. The number of nitrogens with two attached hydrogens (primary N) is 1. The van der Waals surface area contributed by atoms with Gasteiger partial charge in [0.25, 0.3) is 6.01 Å². The van der Waals surface area contributed by atoms with Gasteiger partial charge in [0.2, 0.25) is 5.78 Å². The molecule has 406 valence electrons. The normalized spacial score (nSPS) is 10.4. The first-order valence-electron chi connectivity index (χ1n) is 24.0. The number of rotatable bonds is 9. The van der Waals surface area contributed by atoms with Gasteiger partial charge in [-0.1, -0.05) is 224 Å². The maximum atomic E-state index is 12.0. The summed E-state index contributed by atoms with van der Waals surface area (Å²) in [6.07, 6.45) is 1.57. The molecule has 0 fully saturated rings. The predicted octanol–water partition coefficient (Wildman–Crippen LogP) is 18.6. The highest BCUT2D eigenvalue weighted by atomic mass is 79.9. The van der Waals surface area contributed by atoms with E-state index in [0.717, 1.165) is 98.6 Å². The van der Waals surface area contributed by atoms with Crippen LogP contribution in [0.1, 0.15) is 62.7 Å². The summed E-state index contributed by atoms with van der Waals surface area (Å²) in [5.41, 5.74) is 9.96. The number of esters is 1. The number of fused-ring (bicyclic) bond motifs is 5. The lowest BCUT2D eigenvalue weighted by molar-refractivity contribution is -0.139. The summed E-state index contributed by atoms with van der Waals surface area (Å²) >= 11 is 20.2. The van der Waals surface area contributed by atoms with E-state index < -0.39 is 12.6 Å². The Bertz CT molecular complexity index is 3970. The van der Waals surface area contributed by atoms with Crippen molar-refractivity contribution in [3.8, 4) is 11.3 Å². The Hall–Kier alpha value is -6.50. The number of oxazole rings is 1. The van der Waals surface area contributed by atoms with E-state index in [0.29, 0.717) is 16.5 Å². The lowest BCUT2D eigenvalue weighted by Gasteiger charge is -2.06. The van der Waals surface area contributed by atoms with Crippen molar-refractivity contribution < 1.29 is 38.2 Å². The lowest BCUT2D eigenvalue weighted by Crippen LogP contribution is -2.12. The summed E-state index contributed by atoms with van der Waals surface area (Å²) in [4.78, 5) is 61.4. The number of benzene rings is 10. The van der Waals surface area contributed by atoms with E-state index in [9.17, 15) is 24.0 Å². The topological polar surface area (TPSA) is 167 Å². The van der Waals surface area contributed by atoms with Crippen LogP contribution in [-0.2, 0) is 9.53 Å². The van der Waals surface area contributed by atoms with E-state index in [2.05, 4.69) is 119 Å². The zero-order valence-corrected chi connectivity index (χ0v) is 51.6. The number of aliphatic hydroxyl groups is 1. The van der Waals surface area contributed by atoms with Gasteiger partial charge >= 0.3 is 5.97 Å². The molecule has 0 spiro atoms. The second-order valence-corrected chi connectivity index (χ2v) is 22.5. The van der Waals surface area contributed by atoms with E-state index in [1.54, 1.807) is 25.3 Å². The van der Waals surface area contributed by atoms with Crippen LogP contribution in [0.5, 0.6) is 0 Å². The molecule has 0 saturated carbocycles. The fourth-order valence-electron chi connectivity index (χ4n) is 8.30. The number of aromatic nitrogens is 1. The van der Waals surface area contributed by atoms with Crippen molar-refractivity contribution in [2.24, 2.45) is 0 Å². The molecule has 1 aromatic heterocycles. The van der Waals surface area contributed by atoms with Crippen LogP contribution in [0.15, 0.2) is 215 Å². The lowest BCUT2D eigenvalue weighted by atomic mass is 10.0. The van der Waals surface area contributed by atoms with Gasteiger partial charge < -0.3 is 20.0 Å². The van der Waals surface area contributed by atoms with E-state index in [4.69, 9.17) is 20.0 Å². The number of aliphatic hydroxyl groups excluding tert-OH is 1. The summed E-state index contributed by atoms with van der Waals surface area (Å²) in [7, 11) is 0. The number of halogens is 6. The molecule has 11 rings (SSSR count). The van der Waals surface area contributed by atoms with Gasteiger partial charge in [0, 0.05) is 57.1 Å². The summed E-state index contributed by atoms with van der Waals surface area (Å²) in [6.45, 7) is 2.20. The number of carbonyl (C=O) groups is 5. The summed E-state index contributed by atoms with van der Waals surface area (Å²) < 4.78 is 14.6. The fourth-order valence-corrected chi connectivity index (χ4v) is 10.4. The van der Waals surface area contributed by atoms with Crippen molar-refractivity contribution in [1.29, 1.82) is 0 Å². The first kappa shape index (κ1) is 62.7. The van der Waals surface area contributed by atoms with Crippen LogP contribution in [0, 0.1) is 0 Å². The number of ketones is 4. The van der Waals surface area contributed by atoms with Crippen molar-refractivity contribution >= 4 is 185 Å². The Kier molecular flexibility index (Phi) is 23.4. The number of nitrogen functional groups attached to an aromatic ring is 1. The van der Waals surface area contributed by atoms with Gasteiger partial charge in [-0.25, -0.2) is 0 Å². The van der Waals surface area contributed by atoms with Gasteiger partial charge in [0.15, 0.2) is 24.0 Å². The Morgan fingerprint density at radius 1 is 0.487 bits per heavy atom. The van der Waals surface area contributed by atoms with Crippen LogP contribution < -0.4 is 5.73 Å². The van der Waals surface area contributed by atoms with Gasteiger partial charge in [-0.05, 0) is 121 Å². The zero-order valence-electron chi connectivity index (χ0n) is 42.1. The largest absolute Gasteiger partial charge is 0.457 e. The molecule has 0 aliphatic heterocycles. The Balaban J connectivity index is 0.000000161. The van der Waals surface area contributed by atoms with Crippen molar-refractivity contribution in [3.63, 3.8) is 0 Å². The van der Waals surface area contributed by atoms with Gasteiger partial charge in [-0.2, -0.15) is 4.98 Å². The molecule has 0 radical (unpaired) electrons. The molecule has 10 nitrogen and oxygen atoms in total. The molecule has 16 heteroatoms. The van der Waals surface area contributed by atoms with E-state index >= 15 is 0 Å². The number of Topliss-reactive ketones (excluding diaryl/α,β-unsaturated/α-hetero) is 4. The van der Waals surface area contributed by atoms with E-state index in [1.807, 2.05) is 152 Å². The number of hydrogen-bond acceptors (Lipinski definition) is 10. The third kappa shape index (κ3) is 16.6. The van der Waals surface area contributed by atoms with Gasteiger partial charge in [-0.3, -0.25) is 24.0 Å². The van der Waals surface area contributed by atoms with Crippen molar-refractivity contribution in [1.82, 2.24) is 4.98 Å². The molecule has 0 aliphatic carbocycles. The molecule has 0 unspecified atom stereocenters. The van der Waals surface area contributed by atoms with Crippen LogP contribution in [0.25, 0.3) is 65.1 Å². The van der Waals surface area contributed by atoms with E-state index in [-0.39, 0.29) is 43.2 Å². The third-order valence-corrected chi connectivity index (χ3v) is 14.9. The van der Waals surface area contributed by atoms with Crippen LogP contribution in [0.3, 0.4) is 0 Å². The quantitative estimate of drug-likeness (QED) is 0.0806. The van der Waals surface area contributed by atoms with E-state index in [1.165, 1.54) is 6.92 Å². The highest BCUT2D eigenvalue weighted by Gasteiger charge is 2.14. The minimum absolute atomic E-state index is 0. The molecule has 10 aromatic carbocycles. The molecule has 0 amide bonds. The monoisotopic (exact) mass is 1450 g/mol. The molecule has 80 heavy (non-hydrogen) atoms. The van der Waals surface area contributed by atoms with Gasteiger partial charge in [-0.15, -0.1) is 0 Å². The summed E-state index contributed by atoms with van der Waals surface area (Å²) in [6, 6.07) is 58.3. The predicted molar refractivity (Wildman–Crippen MR) is 345 cm³/mol. The minimum atomic E-state index is -0.454. The molecular formula is C64H50Br6N2O8. The Labute approximate surface area is 512 Å². The number of nitrogens with zero attached hydrogens (tertiary/aromatic N) is 1. The average molecular weight is 1450 g/mol. The van der Waals surface area contributed by atoms with Crippen LogP contribution in [0.4, 0.5) is 6.01 Å². The maximum Gasteiger partial charge on any atom is 0.303 e. The number of ether oxygens (including phenoxy) is 1. The van der Waals surface area contributed by atoms with Crippen LogP contribution in [0.2, 0.25) is 0 Å². The molecule has 11 aromatic rings. The third-order valence-electron chi connectivity index (χ3n) is 12.0. The zero-order chi connectivity index (χ0) is 56.8. The average Bonchev–Trinajstić information content (AvgIpc) is 3.89. The molecule has 0 bridgehead atoms. The molecule has 0 aliphatic rings. The SMILES string of the molecule is C.CC(=O)OCC(=O)c1cccc2ccc(Br)cc12.CC(=O)c1cccc2ccc(Br)cc12.Nc1nc(-c2cccc3ccc(Br)cc23)co1.O=C(CBr)c1cccc2ccc(Br)cc12.O=C(CO)c1cccc2ccc(Br)cc12. The fraction of sp³-hybridized carbons (Fsp3) is 0.0938. The van der Waals surface area contributed by atoms with Gasteiger partial charge in [0.1, 0.15) is 18.6 Å². The number of carbonyl (C=O) groups excluding carboxylic acids is 5. The molecule has 1 heterocycles. The molecule has 0 atom stereocenters. The summed E-state index contributed by atoms with van der Waals surface area (Å²) in [5, 5.41) is 19.4. The van der Waals surface area contributed by atoms with Crippen molar-refractivity contribution in [3.05, 3.63) is 233 Å². The van der Waals surface area contributed by atoms with Crippen LogP contribution in [-0.4, -0.2) is 57.7 Å². The highest BCUT2D eigenvalue weighted by molar-refractivity contribution is 9.11. The first-order valence-corrected chi connectivity index (χ1v) is 29.1. The highest BCUT2D eigenvalue weighted by Crippen LogP contribution is 2.31. The Morgan fingerprint density at radius 2 is 0.838 bits per heavy atom. The molecule has 0 saturated heterocycles. The van der Waals surface area contributed by atoms with Crippen molar-refractivity contribution in [2.75, 3.05) is 24.3 Å². The number of alkyl halides is 1. The smallest absolute Gasteiger partial charge is 0.303 e. The standard InChI is InChI=1S/C14H11BrO3.C13H9BrN2O.C12H8Br2O.C12H9BrO2.C12H9BrO.CH4/c1-9(16)18-8-14(17)12-4-2-3-10-5-6-11(15)7-13(10)12;14-9-5-4-8-2-1-3-10(11(8)6-9)12-7-17-13(15)16-12;13-7-12(15)10-3-1-2-8-4-5-9(14)6-11(8)10;13-9-5-4-8-2-1-3-10(11(8)6-9)12(15)7-14;1-8(14)11-4-2-3-9-5-6-10(13)7-12(9)11;/h2-7H,8H2,1H3;1-7H,(H2,15,16);1-6H,7H2;1-6,14H,7H2;2-7H,1H3;1H4. The summed E-state index contributed by atoms with van der Waals surface area (Å²) in [5.74, 6) is -0.690.